The van der Waals surface area contributed by atoms with E-state index < -0.39 is 0 Å². The molecule has 1 aromatic heterocycles. The number of nitrogens with one attached hydrogen (secondary N) is 1. The van der Waals surface area contributed by atoms with Crippen molar-refractivity contribution in [3.8, 4) is 0 Å². The molecule has 1 amide bonds. The molecule has 98 valence electrons. The Bertz CT molecular complexity index is 461. The lowest BCUT2D eigenvalue weighted by atomic mass is 10.1. The Morgan fingerprint density at radius 1 is 1.56 bits per heavy atom. The SMILES string of the molecule is Cc1cc(C)c(C(=O)NCC2(CO)CC2)c(Cl)n1. The summed E-state index contributed by atoms with van der Waals surface area (Å²) in [5, 5.41) is 12.3. The molecule has 0 radical (unpaired) electrons. The zero-order valence-electron chi connectivity index (χ0n) is 10.6. The van der Waals surface area contributed by atoms with E-state index in [1.54, 1.807) is 0 Å². The minimum Gasteiger partial charge on any atom is -0.396 e. The smallest absolute Gasteiger partial charge is 0.254 e. The number of pyridine rings is 1. The van der Waals surface area contributed by atoms with Crippen molar-refractivity contribution in [2.24, 2.45) is 5.41 Å². The van der Waals surface area contributed by atoms with Crippen molar-refractivity contribution >= 4 is 17.5 Å². The van der Waals surface area contributed by atoms with Gasteiger partial charge in [0, 0.05) is 17.7 Å². The lowest BCUT2D eigenvalue weighted by molar-refractivity contribution is 0.0934. The lowest BCUT2D eigenvalue weighted by Crippen LogP contribution is -2.32. The summed E-state index contributed by atoms with van der Waals surface area (Å²) in [5.41, 5.74) is 1.94. The van der Waals surface area contributed by atoms with Gasteiger partial charge in [-0.1, -0.05) is 11.6 Å². The predicted molar refractivity (Wildman–Crippen MR) is 69.8 cm³/mol. The van der Waals surface area contributed by atoms with Crippen LogP contribution < -0.4 is 5.32 Å². The summed E-state index contributed by atoms with van der Waals surface area (Å²) < 4.78 is 0. The third-order valence-corrected chi connectivity index (χ3v) is 3.72. The third kappa shape index (κ3) is 2.65. The Morgan fingerprint density at radius 3 is 2.72 bits per heavy atom. The molecule has 18 heavy (non-hydrogen) atoms. The molecule has 0 bridgehead atoms. The molecule has 0 aliphatic heterocycles. The molecule has 2 N–H and O–H groups in total. The summed E-state index contributed by atoms with van der Waals surface area (Å²) in [5.74, 6) is -0.218. The highest BCUT2D eigenvalue weighted by atomic mass is 35.5. The fourth-order valence-corrected chi connectivity index (χ4v) is 2.36. The van der Waals surface area contributed by atoms with Crippen LogP contribution in [0.3, 0.4) is 0 Å². The number of nitrogens with zero attached hydrogens (tertiary/aromatic N) is 1. The zero-order chi connectivity index (χ0) is 13.3. The number of aliphatic hydroxyl groups is 1. The number of aromatic nitrogens is 1. The van der Waals surface area contributed by atoms with Crippen LogP contribution in [0.15, 0.2) is 6.07 Å². The highest BCUT2D eigenvalue weighted by Gasteiger charge is 2.42. The maximum Gasteiger partial charge on any atom is 0.254 e. The van der Waals surface area contributed by atoms with Gasteiger partial charge in [0.05, 0.1) is 12.2 Å². The number of aryl methyl sites for hydroxylation is 2. The normalized spacial score (nSPS) is 16.4. The van der Waals surface area contributed by atoms with Gasteiger partial charge in [0.15, 0.2) is 0 Å². The first-order valence-electron chi connectivity index (χ1n) is 6.00. The molecule has 0 spiro atoms. The van der Waals surface area contributed by atoms with Gasteiger partial charge in [-0.25, -0.2) is 4.98 Å². The van der Waals surface area contributed by atoms with E-state index in [1.165, 1.54) is 0 Å². The predicted octanol–water partition coefficient (Wildman–Crippen LogP) is 1.85. The number of amides is 1. The van der Waals surface area contributed by atoms with E-state index in [2.05, 4.69) is 10.3 Å². The van der Waals surface area contributed by atoms with E-state index in [0.717, 1.165) is 24.1 Å². The van der Waals surface area contributed by atoms with Crippen LogP contribution in [0.2, 0.25) is 5.15 Å². The Morgan fingerprint density at radius 2 is 2.22 bits per heavy atom. The molecule has 0 atom stereocenters. The Balaban J connectivity index is 2.09. The van der Waals surface area contributed by atoms with Crippen molar-refractivity contribution < 1.29 is 9.90 Å². The van der Waals surface area contributed by atoms with Gasteiger partial charge in [-0.05, 0) is 38.3 Å². The van der Waals surface area contributed by atoms with Crippen molar-refractivity contribution in [3.05, 3.63) is 28.0 Å². The van der Waals surface area contributed by atoms with Crippen molar-refractivity contribution in [2.75, 3.05) is 13.2 Å². The van der Waals surface area contributed by atoms with Crippen LogP contribution in [0.1, 0.15) is 34.5 Å². The number of carbonyl (C=O) groups excluding carboxylic acids is 1. The molecular formula is C13H17ClN2O2. The quantitative estimate of drug-likeness (QED) is 0.820. The highest BCUT2D eigenvalue weighted by Crippen LogP contribution is 2.44. The van der Waals surface area contributed by atoms with E-state index in [0.29, 0.717) is 12.1 Å². The first kappa shape index (κ1) is 13.3. The topological polar surface area (TPSA) is 62.2 Å². The van der Waals surface area contributed by atoms with Crippen molar-refractivity contribution in [1.82, 2.24) is 10.3 Å². The maximum absolute atomic E-state index is 12.1. The van der Waals surface area contributed by atoms with Crippen molar-refractivity contribution in [2.45, 2.75) is 26.7 Å². The first-order chi connectivity index (χ1) is 8.47. The number of hydrogen-bond donors (Lipinski definition) is 2. The summed E-state index contributed by atoms with van der Waals surface area (Å²) in [6.45, 7) is 4.29. The van der Waals surface area contributed by atoms with Crippen LogP contribution in [-0.4, -0.2) is 29.1 Å². The van der Waals surface area contributed by atoms with Gasteiger partial charge < -0.3 is 10.4 Å². The van der Waals surface area contributed by atoms with Crippen molar-refractivity contribution in [1.29, 1.82) is 0 Å². The van der Waals surface area contributed by atoms with Crippen LogP contribution in [0.25, 0.3) is 0 Å². The van der Waals surface area contributed by atoms with Gasteiger partial charge in [-0.3, -0.25) is 4.79 Å². The lowest BCUT2D eigenvalue weighted by Gasteiger charge is -2.14. The molecule has 1 aliphatic rings. The zero-order valence-corrected chi connectivity index (χ0v) is 11.3. The Hall–Kier alpha value is -1.13. The van der Waals surface area contributed by atoms with Crippen LogP contribution in [0, 0.1) is 19.3 Å². The summed E-state index contributed by atoms with van der Waals surface area (Å²) in [6, 6.07) is 1.83. The molecule has 1 fully saturated rings. The minimum atomic E-state index is -0.218. The molecule has 5 heteroatoms. The summed E-state index contributed by atoms with van der Waals surface area (Å²) in [6.07, 6.45) is 1.92. The van der Waals surface area contributed by atoms with E-state index in [-0.39, 0.29) is 23.1 Å². The molecule has 0 unspecified atom stereocenters. The van der Waals surface area contributed by atoms with E-state index >= 15 is 0 Å². The van der Waals surface area contributed by atoms with Crippen LogP contribution >= 0.6 is 11.6 Å². The standard InChI is InChI=1S/C13H17ClN2O2/c1-8-5-9(2)16-11(14)10(8)12(18)15-6-13(7-17)3-4-13/h5,17H,3-4,6-7H2,1-2H3,(H,15,18). The Labute approximate surface area is 111 Å². The number of halogens is 1. The van der Waals surface area contributed by atoms with Gasteiger partial charge >= 0.3 is 0 Å². The minimum absolute atomic E-state index is 0.103. The Kier molecular flexibility index (Phi) is 3.59. The van der Waals surface area contributed by atoms with Crippen LogP contribution in [0.5, 0.6) is 0 Å². The molecule has 1 aliphatic carbocycles. The van der Waals surface area contributed by atoms with Gasteiger partial charge in [-0.2, -0.15) is 0 Å². The molecule has 4 nitrogen and oxygen atoms in total. The maximum atomic E-state index is 12.1. The largest absolute Gasteiger partial charge is 0.396 e. The highest BCUT2D eigenvalue weighted by molar-refractivity contribution is 6.32. The summed E-state index contributed by atoms with van der Waals surface area (Å²) in [4.78, 5) is 16.2. The van der Waals surface area contributed by atoms with Gasteiger partial charge in [-0.15, -0.1) is 0 Å². The number of aliphatic hydroxyl groups excluding tert-OH is 1. The van der Waals surface area contributed by atoms with Gasteiger partial charge in [0.25, 0.3) is 5.91 Å². The second kappa shape index (κ2) is 4.86. The third-order valence-electron chi connectivity index (χ3n) is 3.44. The van der Waals surface area contributed by atoms with Crippen LogP contribution in [-0.2, 0) is 0 Å². The molecule has 2 rings (SSSR count). The van der Waals surface area contributed by atoms with E-state index in [9.17, 15) is 9.90 Å². The fraction of sp³-hybridized carbons (Fsp3) is 0.538. The average molecular weight is 269 g/mol. The molecule has 0 aromatic carbocycles. The first-order valence-corrected chi connectivity index (χ1v) is 6.38. The fourth-order valence-electron chi connectivity index (χ4n) is 1.99. The summed E-state index contributed by atoms with van der Waals surface area (Å²) >= 11 is 6.01. The molecule has 0 saturated heterocycles. The monoisotopic (exact) mass is 268 g/mol. The van der Waals surface area contributed by atoms with Gasteiger partial charge in [0.2, 0.25) is 0 Å². The molecule has 1 heterocycles. The van der Waals surface area contributed by atoms with Gasteiger partial charge in [0.1, 0.15) is 5.15 Å². The van der Waals surface area contributed by atoms with Crippen molar-refractivity contribution in [3.63, 3.8) is 0 Å². The molecule has 1 aromatic rings. The molecular weight excluding hydrogens is 252 g/mol. The molecule has 1 saturated carbocycles. The second-order valence-corrected chi connectivity index (χ2v) is 5.45. The number of rotatable bonds is 4. The second-order valence-electron chi connectivity index (χ2n) is 5.09. The number of carbonyl (C=O) groups is 1. The van der Waals surface area contributed by atoms with E-state index in [1.807, 2.05) is 19.9 Å². The number of hydrogen-bond acceptors (Lipinski definition) is 3. The summed E-state index contributed by atoms with van der Waals surface area (Å²) in [7, 11) is 0. The van der Waals surface area contributed by atoms with E-state index in [4.69, 9.17) is 11.6 Å². The average Bonchev–Trinajstić information content (AvgIpc) is 3.05. The van der Waals surface area contributed by atoms with Crippen LogP contribution in [0.4, 0.5) is 0 Å².